The summed E-state index contributed by atoms with van der Waals surface area (Å²) in [5.74, 6) is 1.49. The van der Waals surface area contributed by atoms with Gasteiger partial charge in [-0.05, 0) is 13.8 Å². The van der Waals surface area contributed by atoms with Crippen molar-refractivity contribution in [3.63, 3.8) is 0 Å². The molecule has 3 heterocycles. The second-order valence-electron chi connectivity index (χ2n) is 5.42. The van der Waals surface area contributed by atoms with Crippen molar-refractivity contribution in [2.24, 2.45) is 0 Å². The van der Waals surface area contributed by atoms with E-state index in [0.29, 0.717) is 12.5 Å². The minimum atomic E-state index is 0.637. The van der Waals surface area contributed by atoms with Crippen LogP contribution in [0.5, 0.6) is 5.88 Å². The molecule has 0 bridgehead atoms. The Morgan fingerprint density at radius 2 is 2.00 bits per heavy atom. The van der Waals surface area contributed by atoms with Crippen LogP contribution in [0.2, 0.25) is 0 Å². The molecule has 6 heteroatoms. The largest absolute Gasteiger partial charge is 0.478 e. The highest BCUT2D eigenvalue weighted by atomic mass is 16.5. The third-order valence-corrected chi connectivity index (χ3v) is 3.98. The van der Waals surface area contributed by atoms with E-state index in [0.717, 1.165) is 57.0 Å². The Bertz CT molecular complexity index is 455. The van der Waals surface area contributed by atoms with Gasteiger partial charge in [0.1, 0.15) is 0 Å². The Balaban J connectivity index is 1.64. The summed E-state index contributed by atoms with van der Waals surface area (Å²) in [6.45, 7) is 11.0. The molecule has 0 aliphatic carbocycles. The SMILES string of the molecule is CCOc1cc(C)nc(N2CCN(C3CNC3)CC2)n1. The molecule has 0 aromatic carbocycles. The van der Waals surface area contributed by atoms with E-state index < -0.39 is 0 Å². The number of anilines is 1. The molecule has 0 radical (unpaired) electrons. The summed E-state index contributed by atoms with van der Waals surface area (Å²) in [6, 6.07) is 2.62. The van der Waals surface area contributed by atoms with Crippen LogP contribution in [-0.4, -0.2) is 66.8 Å². The highest BCUT2D eigenvalue weighted by Gasteiger charge is 2.28. The summed E-state index contributed by atoms with van der Waals surface area (Å²) in [7, 11) is 0. The fourth-order valence-electron chi connectivity index (χ4n) is 2.71. The van der Waals surface area contributed by atoms with Crippen LogP contribution in [0.1, 0.15) is 12.6 Å². The molecule has 6 nitrogen and oxygen atoms in total. The highest BCUT2D eigenvalue weighted by Crippen LogP contribution is 2.18. The monoisotopic (exact) mass is 277 g/mol. The Morgan fingerprint density at radius 1 is 1.25 bits per heavy atom. The summed E-state index contributed by atoms with van der Waals surface area (Å²) in [4.78, 5) is 13.9. The van der Waals surface area contributed by atoms with E-state index >= 15 is 0 Å². The molecule has 0 atom stereocenters. The predicted molar refractivity (Wildman–Crippen MR) is 78.4 cm³/mol. The average Bonchev–Trinajstić information content (AvgIpc) is 2.37. The normalized spacial score (nSPS) is 20.8. The van der Waals surface area contributed by atoms with Gasteiger partial charge in [-0.3, -0.25) is 4.90 Å². The van der Waals surface area contributed by atoms with Crippen molar-refractivity contribution in [1.82, 2.24) is 20.2 Å². The molecule has 1 N–H and O–H groups in total. The Morgan fingerprint density at radius 3 is 2.60 bits per heavy atom. The average molecular weight is 277 g/mol. The van der Waals surface area contributed by atoms with Crippen LogP contribution in [0.25, 0.3) is 0 Å². The van der Waals surface area contributed by atoms with Crippen molar-refractivity contribution < 1.29 is 4.74 Å². The molecule has 3 rings (SSSR count). The van der Waals surface area contributed by atoms with Gasteiger partial charge in [0.15, 0.2) is 0 Å². The fraction of sp³-hybridized carbons (Fsp3) is 0.714. The molecule has 0 amide bonds. The van der Waals surface area contributed by atoms with E-state index in [-0.39, 0.29) is 0 Å². The van der Waals surface area contributed by atoms with Crippen LogP contribution in [0.4, 0.5) is 5.95 Å². The lowest BCUT2D eigenvalue weighted by atomic mass is 10.1. The van der Waals surface area contributed by atoms with E-state index in [2.05, 4.69) is 25.1 Å². The number of piperazine rings is 1. The molecule has 2 aliphatic rings. The van der Waals surface area contributed by atoms with Crippen molar-refractivity contribution >= 4 is 5.95 Å². The highest BCUT2D eigenvalue weighted by molar-refractivity contribution is 5.35. The first-order valence-corrected chi connectivity index (χ1v) is 7.44. The number of aromatic nitrogens is 2. The van der Waals surface area contributed by atoms with Crippen LogP contribution in [0.15, 0.2) is 6.07 Å². The molecule has 110 valence electrons. The van der Waals surface area contributed by atoms with Gasteiger partial charge in [0.05, 0.1) is 6.61 Å². The lowest BCUT2D eigenvalue weighted by Crippen LogP contribution is -2.61. The Kier molecular flexibility index (Phi) is 4.03. The summed E-state index contributed by atoms with van der Waals surface area (Å²) >= 11 is 0. The first-order valence-electron chi connectivity index (χ1n) is 7.44. The zero-order chi connectivity index (χ0) is 13.9. The molecule has 2 saturated heterocycles. The van der Waals surface area contributed by atoms with Gasteiger partial charge < -0.3 is 15.0 Å². The van der Waals surface area contributed by atoms with Crippen LogP contribution >= 0.6 is 0 Å². The van der Waals surface area contributed by atoms with E-state index in [4.69, 9.17) is 4.74 Å². The zero-order valence-corrected chi connectivity index (χ0v) is 12.3. The van der Waals surface area contributed by atoms with Crippen molar-refractivity contribution in [2.75, 3.05) is 50.8 Å². The van der Waals surface area contributed by atoms with Crippen LogP contribution in [0, 0.1) is 6.92 Å². The quantitative estimate of drug-likeness (QED) is 0.853. The predicted octanol–water partition coefficient (Wildman–Crippen LogP) is 0.278. The molecule has 0 spiro atoms. The van der Waals surface area contributed by atoms with Crippen molar-refractivity contribution in [2.45, 2.75) is 19.9 Å². The number of rotatable bonds is 4. The minimum Gasteiger partial charge on any atom is -0.478 e. The van der Waals surface area contributed by atoms with Gasteiger partial charge >= 0.3 is 0 Å². The van der Waals surface area contributed by atoms with Crippen molar-refractivity contribution in [3.8, 4) is 5.88 Å². The maximum atomic E-state index is 5.51. The van der Waals surface area contributed by atoms with Gasteiger partial charge in [0.2, 0.25) is 11.8 Å². The summed E-state index contributed by atoms with van der Waals surface area (Å²) in [6.07, 6.45) is 0. The molecular weight excluding hydrogens is 254 g/mol. The summed E-state index contributed by atoms with van der Waals surface area (Å²) in [5.41, 5.74) is 0.962. The molecule has 2 fully saturated rings. The van der Waals surface area contributed by atoms with Gasteiger partial charge in [0, 0.05) is 57.1 Å². The first-order chi connectivity index (χ1) is 9.76. The number of aryl methyl sites for hydroxylation is 1. The third kappa shape index (κ3) is 2.86. The second kappa shape index (κ2) is 5.93. The topological polar surface area (TPSA) is 53.5 Å². The van der Waals surface area contributed by atoms with E-state index in [1.807, 2.05) is 19.9 Å². The maximum absolute atomic E-state index is 5.51. The molecule has 0 unspecified atom stereocenters. The first kappa shape index (κ1) is 13.6. The van der Waals surface area contributed by atoms with E-state index in [9.17, 15) is 0 Å². The standard InChI is InChI=1S/C14H23N5O/c1-3-20-13-8-11(2)16-14(17-13)19-6-4-18(5-7-19)12-9-15-10-12/h8,12,15H,3-7,9-10H2,1-2H3. The van der Waals surface area contributed by atoms with Gasteiger partial charge in [-0.2, -0.15) is 4.98 Å². The third-order valence-electron chi connectivity index (χ3n) is 3.98. The molecule has 1 aromatic rings. The Hall–Kier alpha value is -1.40. The lowest BCUT2D eigenvalue weighted by molar-refractivity contribution is 0.137. The van der Waals surface area contributed by atoms with Gasteiger partial charge in [-0.25, -0.2) is 4.98 Å². The van der Waals surface area contributed by atoms with Crippen LogP contribution < -0.4 is 15.0 Å². The van der Waals surface area contributed by atoms with Gasteiger partial charge in [0.25, 0.3) is 0 Å². The van der Waals surface area contributed by atoms with Gasteiger partial charge in [-0.15, -0.1) is 0 Å². The molecule has 1 aromatic heterocycles. The van der Waals surface area contributed by atoms with Crippen LogP contribution in [0.3, 0.4) is 0 Å². The number of hydrogen-bond donors (Lipinski definition) is 1. The number of nitrogens with zero attached hydrogens (tertiary/aromatic N) is 4. The number of hydrogen-bond acceptors (Lipinski definition) is 6. The number of nitrogens with one attached hydrogen (secondary N) is 1. The van der Waals surface area contributed by atoms with Crippen molar-refractivity contribution in [3.05, 3.63) is 11.8 Å². The van der Waals surface area contributed by atoms with Crippen molar-refractivity contribution in [1.29, 1.82) is 0 Å². The van der Waals surface area contributed by atoms with E-state index in [1.165, 1.54) is 0 Å². The zero-order valence-electron chi connectivity index (χ0n) is 12.3. The minimum absolute atomic E-state index is 0.637. The lowest BCUT2D eigenvalue weighted by Gasteiger charge is -2.43. The molecular formula is C14H23N5O. The molecule has 20 heavy (non-hydrogen) atoms. The fourth-order valence-corrected chi connectivity index (χ4v) is 2.71. The molecule has 2 aliphatic heterocycles. The summed E-state index contributed by atoms with van der Waals surface area (Å²) in [5, 5.41) is 3.33. The molecule has 0 saturated carbocycles. The summed E-state index contributed by atoms with van der Waals surface area (Å²) < 4.78 is 5.51. The van der Waals surface area contributed by atoms with Crippen LogP contribution in [-0.2, 0) is 0 Å². The second-order valence-corrected chi connectivity index (χ2v) is 5.42. The Labute approximate surface area is 120 Å². The van der Waals surface area contributed by atoms with E-state index in [1.54, 1.807) is 0 Å². The van der Waals surface area contributed by atoms with Gasteiger partial charge in [-0.1, -0.05) is 0 Å². The maximum Gasteiger partial charge on any atom is 0.228 e. The number of ether oxygens (including phenoxy) is 1. The smallest absolute Gasteiger partial charge is 0.228 e.